The summed E-state index contributed by atoms with van der Waals surface area (Å²) in [6.07, 6.45) is 7.08. The quantitative estimate of drug-likeness (QED) is 0.635. The van der Waals surface area contributed by atoms with Crippen LogP contribution in [0.15, 0.2) is 18.3 Å². The molecule has 0 saturated carbocycles. The number of hydrogen-bond acceptors (Lipinski definition) is 1. The van der Waals surface area contributed by atoms with Crippen molar-refractivity contribution in [3.63, 3.8) is 0 Å². The predicted molar refractivity (Wildman–Crippen MR) is 52.0 cm³/mol. The highest BCUT2D eigenvalue weighted by molar-refractivity contribution is 5.06. The Labute approximate surface area is 79.0 Å². The van der Waals surface area contributed by atoms with Crippen LogP contribution in [0.25, 0.3) is 0 Å². The van der Waals surface area contributed by atoms with Gasteiger partial charge in [0, 0.05) is 6.20 Å². The summed E-state index contributed by atoms with van der Waals surface area (Å²) in [6.45, 7) is 2.17. The molecule has 0 N–H and O–H groups in total. The lowest BCUT2D eigenvalue weighted by Crippen LogP contribution is -1.94. The molecule has 0 saturated heterocycles. The number of unbranched alkanes of at least 4 members (excludes halogenated alkanes) is 3. The lowest BCUT2D eigenvalue weighted by molar-refractivity contribution is 0.581. The lowest BCUT2D eigenvalue weighted by atomic mass is 10.1. The molecule has 0 spiro atoms. The molecule has 1 heterocycles. The van der Waals surface area contributed by atoms with Gasteiger partial charge in [0.25, 0.3) is 0 Å². The molecular weight excluding hydrogens is 165 g/mol. The summed E-state index contributed by atoms with van der Waals surface area (Å²) in [5.74, 6) is -0.168. The van der Waals surface area contributed by atoms with Gasteiger partial charge < -0.3 is 0 Å². The Kier molecular flexibility index (Phi) is 4.44. The molecule has 0 atom stereocenters. The molecule has 72 valence electrons. The second-order valence-corrected chi connectivity index (χ2v) is 3.24. The molecule has 0 fully saturated rings. The molecule has 13 heavy (non-hydrogen) atoms. The van der Waals surface area contributed by atoms with Crippen LogP contribution < -0.4 is 0 Å². The van der Waals surface area contributed by atoms with E-state index in [0.29, 0.717) is 5.69 Å². The van der Waals surface area contributed by atoms with Gasteiger partial charge in [-0.15, -0.1) is 0 Å². The van der Waals surface area contributed by atoms with Crippen LogP contribution >= 0.6 is 0 Å². The summed E-state index contributed by atoms with van der Waals surface area (Å²) in [4.78, 5) is 4.00. The first-order valence-corrected chi connectivity index (χ1v) is 4.94. The molecule has 1 rings (SSSR count). The zero-order valence-electron chi connectivity index (χ0n) is 8.09. The third kappa shape index (κ3) is 3.53. The van der Waals surface area contributed by atoms with E-state index < -0.39 is 0 Å². The van der Waals surface area contributed by atoms with Gasteiger partial charge in [-0.1, -0.05) is 26.2 Å². The third-order valence-electron chi connectivity index (χ3n) is 2.10. The van der Waals surface area contributed by atoms with Gasteiger partial charge in [0.1, 0.15) is 5.82 Å². The van der Waals surface area contributed by atoms with Crippen molar-refractivity contribution in [3.8, 4) is 0 Å². The number of rotatable bonds is 5. The van der Waals surface area contributed by atoms with Gasteiger partial charge in [0.15, 0.2) is 0 Å². The van der Waals surface area contributed by atoms with Crippen LogP contribution in [0.1, 0.15) is 38.3 Å². The smallest absolute Gasteiger partial charge is 0.144 e. The fraction of sp³-hybridized carbons (Fsp3) is 0.545. The van der Waals surface area contributed by atoms with Crippen LogP contribution in [-0.2, 0) is 6.42 Å². The highest BCUT2D eigenvalue weighted by atomic mass is 19.1. The van der Waals surface area contributed by atoms with Gasteiger partial charge >= 0.3 is 0 Å². The molecule has 0 aliphatic carbocycles. The Morgan fingerprint density at radius 1 is 1.31 bits per heavy atom. The fourth-order valence-electron chi connectivity index (χ4n) is 1.32. The number of pyridine rings is 1. The standard InChI is InChI=1S/C11H16FN/c1-2-3-4-5-8-11-10(12)7-6-9-13-11/h6-7,9H,2-5,8H2,1H3. The van der Waals surface area contributed by atoms with Crippen molar-refractivity contribution >= 4 is 0 Å². The second-order valence-electron chi connectivity index (χ2n) is 3.24. The summed E-state index contributed by atoms with van der Waals surface area (Å²) < 4.78 is 13.0. The topological polar surface area (TPSA) is 12.9 Å². The Hall–Kier alpha value is -0.920. The first kappa shape index (κ1) is 10.2. The predicted octanol–water partition coefficient (Wildman–Crippen LogP) is 3.34. The molecular formula is C11H16FN. The van der Waals surface area contributed by atoms with Crippen molar-refractivity contribution in [3.05, 3.63) is 29.8 Å². The summed E-state index contributed by atoms with van der Waals surface area (Å²) in [7, 11) is 0. The Morgan fingerprint density at radius 3 is 2.85 bits per heavy atom. The van der Waals surface area contributed by atoms with E-state index in [-0.39, 0.29) is 5.82 Å². The molecule has 0 aliphatic rings. The monoisotopic (exact) mass is 181 g/mol. The van der Waals surface area contributed by atoms with Crippen molar-refractivity contribution in [2.24, 2.45) is 0 Å². The summed E-state index contributed by atoms with van der Waals surface area (Å²) in [5.41, 5.74) is 0.610. The van der Waals surface area contributed by atoms with E-state index >= 15 is 0 Å². The second kappa shape index (κ2) is 5.68. The zero-order chi connectivity index (χ0) is 9.52. The van der Waals surface area contributed by atoms with Crippen molar-refractivity contribution in [1.82, 2.24) is 4.98 Å². The van der Waals surface area contributed by atoms with Crippen LogP contribution in [0.5, 0.6) is 0 Å². The number of aromatic nitrogens is 1. The van der Waals surface area contributed by atoms with Crippen LogP contribution in [-0.4, -0.2) is 4.98 Å². The van der Waals surface area contributed by atoms with E-state index in [2.05, 4.69) is 11.9 Å². The third-order valence-corrected chi connectivity index (χ3v) is 2.10. The Morgan fingerprint density at radius 2 is 2.15 bits per heavy atom. The number of hydrogen-bond donors (Lipinski definition) is 0. The lowest BCUT2D eigenvalue weighted by Gasteiger charge is -2.00. The molecule has 0 bridgehead atoms. The van der Waals surface area contributed by atoms with Gasteiger partial charge in [-0.05, 0) is 25.0 Å². The molecule has 1 aromatic rings. The number of nitrogens with zero attached hydrogens (tertiary/aromatic N) is 1. The highest BCUT2D eigenvalue weighted by Crippen LogP contribution is 2.08. The maximum Gasteiger partial charge on any atom is 0.144 e. The number of aryl methyl sites for hydroxylation is 1. The van der Waals surface area contributed by atoms with Gasteiger partial charge in [-0.25, -0.2) is 4.39 Å². The molecule has 2 heteroatoms. The average molecular weight is 181 g/mol. The van der Waals surface area contributed by atoms with E-state index in [4.69, 9.17) is 0 Å². The van der Waals surface area contributed by atoms with Gasteiger partial charge in [-0.3, -0.25) is 4.98 Å². The fourth-order valence-corrected chi connectivity index (χ4v) is 1.32. The van der Waals surface area contributed by atoms with Crippen molar-refractivity contribution in [2.75, 3.05) is 0 Å². The maximum atomic E-state index is 13.0. The Bertz CT molecular complexity index is 248. The summed E-state index contributed by atoms with van der Waals surface area (Å²) in [6, 6.07) is 3.10. The van der Waals surface area contributed by atoms with E-state index in [1.54, 1.807) is 12.3 Å². The molecule has 1 aromatic heterocycles. The molecule has 0 radical (unpaired) electrons. The first-order valence-electron chi connectivity index (χ1n) is 4.94. The van der Waals surface area contributed by atoms with Crippen LogP contribution in [0.3, 0.4) is 0 Å². The van der Waals surface area contributed by atoms with Crippen molar-refractivity contribution in [1.29, 1.82) is 0 Å². The molecule has 0 unspecified atom stereocenters. The summed E-state index contributed by atoms with van der Waals surface area (Å²) >= 11 is 0. The van der Waals surface area contributed by atoms with Crippen LogP contribution in [0.4, 0.5) is 4.39 Å². The SMILES string of the molecule is CCCCCCc1ncccc1F. The minimum atomic E-state index is -0.168. The van der Waals surface area contributed by atoms with Gasteiger partial charge in [-0.2, -0.15) is 0 Å². The van der Waals surface area contributed by atoms with Gasteiger partial charge in [0.2, 0.25) is 0 Å². The Balaban J connectivity index is 2.32. The largest absolute Gasteiger partial charge is 0.258 e. The normalized spacial score (nSPS) is 10.3. The van der Waals surface area contributed by atoms with Gasteiger partial charge in [0.05, 0.1) is 5.69 Å². The van der Waals surface area contributed by atoms with E-state index in [9.17, 15) is 4.39 Å². The van der Waals surface area contributed by atoms with Crippen LogP contribution in [0.2, 0.25) is 0 Å². The van der Waals surface area contributed by atoms with Crippen molar-refractivity contribution < 1.29 is 4.39 Å². The minimum absolute atomic E-state index is 0.168. The van der Waals surface area contributed by atoms with Crippen molar-refractivity contribution in [2.45, 2.75) is 39.0 Å². The van der Waals surface area contributed by atoms with E-state index in [1.807, 2.05) is 0 Å². The maximum absolute atomic E-state index is 13.0. The first-order chi connectivity index (χ1) is 6.34. The highest BCUT2D eigenvalue weighted by Gasteiger charge is 2.00. The summed E-state index contributed by atoms with van der Waals surface area (Å²) in [5, 5.41) is 0. The molecule has 0 amide bonds. The number of halogens is 1. The molecule has 0 aromatic carbocycles. The zero-order valence-corrected chi connectivity index (χ0v) is 8.09. The van der Waals surface area contributed by atoms with E-state index in [0.717, 1.165) is 12.8 Å². The molecule has 1 nitrogen and oxygen atoms in total. The van der Waals surface area contributed by atoms with E-state index in [1.165, 1.54) is 25.3 Å². The van der Waals surface area contributed by atoms with Crippen LogP contribution in [0, 0.1) is 5.82 Å². The molecule has 0 aliphatic heterocycles. The minimum Gasteiger partial charge on any atom is -0.258 e. The average Bonchev–Trinajstić information content (AvgIpc) is 2.15.